The highest BCUT2D eigenvalue weighted by atomic mass is 16.3. The topological polar surface area (TPSA) is 40.5 Å². The van der Waals surface area contributed by atoms with Crippen LogP contribution in [0.5, 0.6) is 0 Å². The lowest BCUT2D eigenvalue weighted by Crippen LogP contribution is -2.29. The Kier molecular flexibility index (Phi) is 2.77. The van der Waals surface area contributed by atoms with Gasteiger partial charge in [-0.1, -0.05) is 13.3 Å². The molecule has 3 unspecified atom stereocenters. The number of nitrogens with zero attached hydrogens (tertiary/aromatic N) is 1. The number of carbonyl (C=O) groups is 1. The van der Waals surface area contributed by atoms with Gasteiger partial charge in [-0.2, -0.15) is 0 Å². The first kappa shape index (κ1) is 9.97. The predicted molar refractivity (Wildman–Crippen MR) is 53.7 cm³/mol. The molecule has 1 amide bonds. The Morgan fingerprint density at radius 3 is 2.93 bits per heavy atom. The molecule has 0 radical (unpaired) electrons. The van der Waals surface area contributed by atoms with Crippen molar-refractivity contribution in [3.8, 4) is 0 Å². The minimum atomic E-state index is 0.160. The zero-order valence-electron chi connectivity index (χ0n) is 8.78. The van der Waals surface area contributed by atoms with E-state index in [-0.39, 0.29) is 18.4 Å². The van der Waals surface area contributed by atoms with E-state index < -0.39 is 0 Å². The van der Waals surface area contributed by atoms with Crippen LogP contribution in [0.15, 0.2) is 0 Å². The molecule has 1 N–H and O–H groups in total. The highest BCUT2D eigenvalue weighted by molar-refractivity contribution is 5.79. The summed E-state index contributed by atoms with van der Waals surface area (Å²) < 4.78 is 0. The molecule has 3 nitrogen and oxygen atoms in total. The minimum absolute atomic E-state index is 0.160. The van der Waals surface area contributed by atoms with Crippen LogP contribution in [0.4, 0.5) is 0 Å². The van der Waals surface area contributed by atoms with Crippen molar-refractivity contribution in [1.82, 2.24) is 4.90 Å². The Labute approximate surface area is 85.1 Å². The highest BCUT2D eigenvalue weighted by Crippen LogP contribution is 2.41. The summed E-state index contributed by atoms with van der Waals surface area (Å²) >= 11 is 0. The van der Waals surface area contributed by atoms with E-state index in [4.69, 9.17) is 5.11 Å². The van der Waals surface area contributed by atoms with E-state index in [0.717, 1.165) is 12.5 Å². The molecule has 0 spiro atoms. The molecule has 14 heavy (non-hydrogen) atoms. The molecule has 1 aliphatic heterocycles. The number of hydrogen-bond acceptors (Lipinski definition) is 2. The fraction of sp³-hybridized carbons (Fsp3) is 0.909. The van der Waals surface area contributed by atoms with Crippen molar-refractivity contribution in [2.24, 2.45) is 11.8 Å². The van der Waals surface area contributed by atoms with Gasteiger partial charge in [-0.05, 0) is 18.8 Å². The SMILES string of the molecule is CCCC1CC1N1CC(CO)CC1=O. The zero-order valence-corrected chi connectivity index (χ0v) is 8.78. The van der Waals surface area contributed by atoms with Crippen molar-refractivity contribution < 1.29 is 9.90 Å². The molecule has 0 aromatic rings. The molecule has 2 fully saturated rings. The van der Waals surface area contributed by atoms with E-state index in [0.29, 0.717) is 12.5 Å². The summed E-state index contributed by atoms with van der Waals surface area (Å²) in [5.41, 5.74) is 0. The van der Waals surface area contributed by atoms with E-state index in [1.54, 1.807) is 0 Å². The Morgan fingerprint density at radius 1 is 1.57 bits per heavy atom. The van der Waals surface area contributed by atoms with Crippen LogP contribution in [0.1, 0.15) is 32.6 Å². The average Bonchev–Trinajstić information content (AvgIpc) is 2.82. The first-order valence-electron chi connectivity index (χ1n) is 5.66. The maximum Gasteiger partial charge on any atom is 0.223 e. The second kappa shape index (κ2) is 3.89. The lowest BCUT2D eigenvalue weighted by atomic mass is 10.1. The van der Waals surface area contributed by atoms with Crippen LogP contribution in [0, 0.1) is 11.8 Å². The molecule has 3 atom stereocenters. The fourth-order valence-electron chi connectivity index (χ4n) is 2.55. The van der Waals surface area contributed by atoms with Crippen LogP contribution in [0.2, 0.25) is 0 Å². The van der Waals surface area contributed by atoms with Gasteiger partial charge in [0.25, 0.3) is 0 Å². The van der Waals surface area contributed by atoms with E-state index in [1.807, 2.05) is 4.90 Å². The summed E-state index contributed by atoms with van der Waals surface area (Å²) in [7, 11) is 0. The number of likely N-dealkylation sites (tertiary alicyclic amines) is 1. The van der Waals surface area contributed by atoms with Gasteiger partial charge < -0.3 is 10.0 Å². The highest BCUT2D eigenvalue weighted by Gasteiger charge is 2.46. The van der Waals surface area contributed by atoms with Crippen LogP contribution in [-0.2, 0) is 4.79 Å². The smallest absolute Gasteiger partial charge is 0.223 e. The van der Waals surface area contributed by atoms with E-state index >= 15 is 0 Å². The summed E-state index contributed by atoms with van der Waals surface area (Å²) in [6, 6.07) is 0.513. The van der Waals surface area contributed by atoms with Crippen molar-refractivity contribution in [3.05, 3.63) is 0 Å². The van der Waals surface area contributed by atoms with Gasteiger partial charge in [0.05, 0.1) is 0 Å². The van der Waals surface area contributed by atoms with Crippen LogP contribution in [0.25, 0.3) is 0 Å². The first-order valence-corrected chi connectivity index (χ1v) is 5.66. The third-order valence-electron chi connectivity index (χ3n) is 3.44. The quantitative estimate of drug-likeness (QED) is 0.731. The summed E-state index contributed by atoms with van der Waals surface area (Å²) in [6.45, 7) is 3.14. The molecule has 0 aromatic heterocycles. The standard InChI is InChI=1S/C11H19NO2/c1-2-3-9-5-10(9)12-6-8(7-13)4-11(12)14/h8-10,13H,2-7H2,1H3. The van der Waals surface area contributed by atoms with E-state index in [9.17, 15) is 4.79 Å². The lowest BCUT2D eigenvalue weighted by Gasteiger charge is -2.16. The molecule has 1 heterocycles. The first-order chi connectivity index (χ1) is 6.76. The number of rotatable bonds is 4. The van der Waals surface area contributed by atoms with Crippen LogP contribution < -0.4 is 0 Å². The summed E-state index contributed by atoms with van der Waals surface area (Å²) in [6.07, 6.45) is 4.22. The molecule has 1 saturated heterocycles. The molecular formula is C11H19NO2. The third-order valence-corrected chi connectivity index (χ3v) is 3.44. The third kappa shape index (κ3) is 1.78. The number of aliphatic hydroxyl groups excluding tert-OH is 1. The summed E-state index contributed by atoms with van der Waals surface area (Å²) in [4.78, 5) is 13.6. The maximum absolute atomic E-state index is 11.6. The summed E-state index contributed by atoms with van der Waals surface area (Å²) in [5.74, 6) is 1.21. The van der Waals surface area contributed by atoms with Gasteiger partial charge in [0, 0.05) is 31.5 Å². The second-order valence-electron chi connectivity index (χ2n) is 4.65. The molecule has 80 valence electrons. The van der Waals surface area contributed by atoms with E-state index in [2.05, 4.69) is 6.92 Å². The Bertz CT molecular complexity index is 229. The Hall–Kier alpha value is -0.570. The maximum atomic E-state index is 11.6. The average molecular weight is 197 g/mol. The molecule has 1 aliphatic carbocycles. The number of aliphatic hydroxyl groups is 1. The second-order valence-corrected chi connectivity index (χ2v) is 4.65. The van der Waals surface area contributed by atoms with Gasteiger partial charge in [0.1, 0.15) is 0 Å². The predicted octanol–water partition coefficient (Wildman–Crippen LogP) is 1.02. The molecule has 2 aliphatic rings. The molecular weight excluding hydrogens is 178 g/mol. The van der Waals surface area contributed by atoms with Crippen molar-refractivity contribution in [1.29, 1.82) is 0 Å². The van der Waals surface area contributed by atoms with Crippen molar-refractivity contribution in [2.45, 2.75) is 38.6 Å². The Balaban J connectivity index is 1.85. The number of hydrogen-bond donors (Lipinski definition) is 1. The molecule has 0 aromatic carbocycles. The monoisotopic (exact) mass is 197 g/mol. The largest absolute Gasteiger partial charge is 0.396 e. The van der Waals surface area contributed by atoms with Crippen LogP contribution >= 0.6 is 0 Å². The lowest BCUT2D eigenvalue weighted by molar-refractivity contribution is -0.128. The van der Waals surface area contributed by atoms with E-state index in [1.165, 1.54) is 19.3 Å². The fourth-order valence-corrected chi connectivity index (χ4v) is 2.55. The summed E-state index contributed by atoms with van der Waals surface area (Å²) in [5, 5.41) is 8.99. The van der Waals surface area contributed by atoms with Crippen molar-refractivity contribution in [3.63, 3.8) is 0 Å². The molecule has 3 heteroatoms. The zero-order chi connectivity index (χ0) is 10.1. The van der Waals surface area contributed by atoms with Gasteiger partial charge >= 0.3 is 0 Å². The molecule has 0 bridgehead atoms. The van der Waals surface area contributed by atoms with Gasteiger partial charge in [-0.15, -0.1) is 0 Å². The van der Waals surface area contributed by atoms with Gasteiger partial charge in [0.2, 0.25) is 5.91 Å². The van der Waals surface area contributed by atoms with Crippen LogP contribution in [0.3, 0.4) is 0 Å². The number of carbonyl (C=O) groups excluding carboxylic acids is 1. The van der Waals surface area contributed by atoms with Crippen molar-refractivity contribution >= 4 is 5.91 Å². The van der Waals surface area contributed by atoms with Gasteiger partial charge in [-0.3, -0.25) is 4.79 Å². The van der Waals surface area contributed by atoms with Gasteiger partial charge in [-0.25, -0.2) is 0 Å². The normalized spacial score (nSPS) is 36.6. The van der Waals surface area contributed by atoms with Crippen LogP contribution in [-0.4, -0.2) is 35.1 Å². The Morgan fingerprint density at radius 2 is 2.36 bits per heavy atom. The minimum Gasteiger partial charge on any atom is -0.396 e. The van der Waals surface area contributed by atoms with Crippen molar-refractivity contribution in [2.75, 3.05) is 13.2 Å². The van der Waals surface area contributed by atoms with Gasteiger partial charge in [0.15, 0.2) is 0 Å². The molecule has 1 saturated carbocycles. The number of amides is 1. The molecule has 2 rings (SSSR count).